The van der Waals surface area contributed by atoms with E-state index in [1.165, 1.54) is 0 Å². The quantitative estimate of drug-likeness (QED) is 0.534. The van der Waals surface area contributed by atoms with E-state index in [2.05, 4.69) is 5.32 Å². The summed E-state index contributed by atoms with van der Waals surface area (Å²) in [6, 6.07) is 11.0. The molecular weight excluding hydrogens is 444 g/mol. The van der Waals surface area contributed by atoms with Gasteiger partial charge in [0.1, 0.15) is 17.0 Å². The minimum absolute atomic E-state index is 0.229. The Bertz CT molecular complexity index is 1230. The standard InChI is InChI=1S/C25H27ClN2O5/c1-5-17(24(30)31)15-6-8-16(9-7-15)25(12-33-13-25)27-23(29)20-10-18-14(2)22(26)21(32-4)11-19(18)28(20)3/h6-11,17H,5,12-13H2,1-4H3,(H,27,29)(H,30,31). The van der Waals surface area contributed by atoms with Gasteiger partial charge in [-0.15, -0.1) is 0 Å². The Kier molecular flexibility index (Phi) is 6.12. The molecule has 1 fully saturated rings. The van der Waals surface area contributed by atoms with Crippen LogP contribution < -0.4 is 10.1 Å². The largest absolute Gasteiger partial charge is 0.495 e. The summed E-state index contributed by atoms with van der Waals surface area (Å²) in [6.07, 6.45) is 0.509. The Hall–Kier alpha value is -3.03. The normalized spacial score (nSPS) is 15.7. The van der Waals surface area contributed by atoms with Gasteiger partial charge in [0.15, 0.2) is 0 Å². The molecule has 0 saturated carbocycles. The van der Waals surface area contributed by atoms with Gasteiger partial charge in [-0.3, -0.25) is 9.59 Å². The molecule has 1 aliphatic rings. The minimum atomic E-state index is -0.844. The van der Waals surface area contributed by atoms with Gasteiger partial charge in [0.05, 0.1) is 36.8 Å². The molecule has 1 unspecified atom stereocenters. The van der Waals surface area contributed by atoms with Crippen molar-refractivity contribution in [1.82, 2.24) is 9.88 Å². The lowest BCUT2D eigenvalue weighted by Crippen LogP contribution is -2.59. The maximum atomic E-state index is 13.3. The third-order valence-corrected chi connectivity index (χ3v) is 7.04. The number of nitrogens with one attached hydrogen (secondary N) is 1. The Balaban J connectivity index is 1.65. The lowest BCUT2D eigenvalue weighted by molar-refractivity contribution is -0.138. The summed E-state index contributed by atoms with van der Waals surface area (Å²) in [7, 11) is 3.40. The number of carboxylic acid groups (broad SMARTS) is 1. The van der Waals surface area contributed by atoms with Crippen molar-refractivity contribution in [2.45, 2.75) is 31.7 Å². The maximum absolute atomic E-state index is 13.3. The van der Waals surface area contributed by atoms with Crippen molar-refractivity contribution < 1.29 is 24.2 Å². The monoisotopic (exact) mass is 470 g/mol. The molecule has 2 N–H and O–H groups in total. The van der Waals surface area contributed by atoms with Gasteiger partial charge in [-0.05, 0) is 36.1 Å². The minimum Gasteiger partial charge on any atom is -0.495 e. The molecule has 1 aliphatic heterocycles. The molecule has 0 bridgehead atoms. The van der Waals surface area contributed by atoms with Crippen LogP contribution in [0.15, 0.2) is 36.4 Å². The van der Waals surface area contributed by atoms with E-state index < -0.39 is 17.4 Å². The van der Waals surface area contributed by atoms with Gasteiger partial charge in [0, 0.05) is 18.5 Å². The number of methoxy groups -OCH3 is 1. The van der Waals surface area contributed by atoms with Crippen LogP contribution in [0.5, 0.6) is 5.75 Å². The molecule has 7 nitrogen and oxygen atoms in total. The fourth-order valence-corrected chi connectivity index (χ4v) is 4.67. The predicted octanol–water partition coefficient (Wildman–Crippen LogP) is 4.38. The summed E-state index contributed by atoms with van der Waals surface area (Å²) in [5.41, 5.74) is 3.15. The SMILES string of the molecule is CCC(C(=O)O)c1ccc(C2(NC(=O)c3cc4c(C)c(Cl)c(OC)cc4n3C)COC2)cc1. The Labute approximate surface area is 197 Å². The Morgan fingerprint density at radius 3 is 2.45 bits per heavy atom. The van der Waals surface area contributed by atoms with E-state index in [-0.39, 0.29) is 5.91 Å². The Morgan fingerprint density at radius 2 is 1.94 bits per heavy atom. The first-order valence-corrected chi connectivity index (χ1v) is 11.2. The highest BCUT2D eigenvalue weighted by atomic mass is 35.5. The molecule has 1 aromatic heterocycles. The molecule has 4 rings (SSSR count). The number of carboxylic acids is 1. The third-order valence-electron chi connectivity index (χ3n) is 6.57. The number of hydrogen-bond acceptors (Lipinski definition) is 4. The zero-order valence-electron chi connectivity index (χ0n) is 19.1. The topological polar surface area (TPSA) is 89.8 Å². The zero-order chi connectivity index (χ0) is 23.9. The first-order chi connectivity index (χ1) is 15.7. The lowest BCUT2D eigenvalue weighted by Gasteiger charge is -2.42. The van der Waals surface area contributed by atoms with Gasteiger partial charge in [-0.1, -0.05) is 42.8 Å². The van der Waals surface area contributed by atoms with Crippen LogP contribution >= 0.6 is 11.6 Å². The number of hydrogen-bond donors (Lipinski definition) is 2. The first-order valence-electron chi connectivity index (χ1n) is 10.8. The van der Waals surface area contributed by atoms with E-state index in [0.29, 0.717) is 36.1 Å². The summed E-state index contributed by atoms with van der Waals surface area (Å²) in [5, 5.41) is 14.0. The van der Waals surface area contributed by atoms with Crippen molar-refractivity contribution in [2.75, 3.05) is 20.3 Å². The number of amides is 1. The summed E-state index contributed by atoms with van der Waals surface area (Å²) in [5.74, 6) is -1.06. The molecule has 1 saturated heterocycles. The van der Waals surface area contributed by atoms with Crippen LogP contribution in [0.4, 0.5) is 0 Å². The average molecular weight is 471 g/mol. The van der Waals surface area contributed by atoms with E-state index in [1.54, 1.807) is 7.11 Å². The summed E-state index contributed by atoms with van der Waals surface area (Å²) < 4.78 is 12.7. The molecular formula is C25H27ClN2O5. The molecule has 2 heterocycles. The summed E-state index contributed by atoms with van der Waals surface area (Å²) in [6.45, 7) is 4.44. The number of aryl methyl sites for hydroxylation is 2. The van der Waals surface area contributed by atoms with Gasteiger partial charge in [0.25, 0.3) is 5.91 Å². The van der Waals surface area contributed by atoms with Gasteiger partial charge < -0.3 is 24.5 Å². The van der Waals surface area contributed by atoms with Crippen molar-refractivity contribution in [3.05, 3.63) is 63.8 Å². The van der Waals surface area contributed by atoms with Crippen LogP contribution in [0.25, 0.3) is 10.9 Å². The molecule has 8 heteroatoms. The number of carbonyl (C=O) groups is 2. The second kappa shape index (κ2) is 8.72. The van der Waals surface area contributed by atoms with E-state index in [1.807, 2.05) is 61.9 Å². The average Bonchev–Trinajstić information content (AvgIpc) is 3.10. The fourth-order valence-electron chi connectivity index (χ4n) is 4.44. The molecule has 0 spiro atoms. The van der Waals surface area contributed by atoms with E-state index in [4.69, 9.17) is 21.1 Å². The number of benzene rings is 2. The Morgan fingerprint density at radius 1 is 1.27 bits per heavy atom. The highest BCUT2D eigenvalue weighted by Crippen LogP contribution is 2.36. The molecule has 3 aromatic rings. The molecule has 0 aliphatic carbocycles. The van der Waals surface area contributed by atoms with Crippen molar-refractivity contribution in [2.24, 2.45) is 7.05 Å². The number of aromatic nitrogens is 1. The van der Waals surface area contributed by atoms with Crippen LogP contribution in [-0.2, 0) is 22.1 Å². The smallest absolute Gasteiger partial charge is 0.310 e. The number of aliphatic carboxylic acids is 1. The van der Waals surface area contributed by atoms with Gasteiger partial charge in [-0.25, -0.2) is 0 Å². The third kappa shape index (κ3) is 3.85. The van der Waals surface area contributed by atoms with Crippen molar-refractivity contribution >= 4 is 34.4 Å². The van der Waals surface area contributed by atoms with Crippen LogP contribution in [0.1, 0.15) is 46.4 Å². The number of carbonyl (C=O) groups excluding carboxylic acids is 1. The maximum Gasteiger partial charge on any atom is 0.310 e. The second-order valence-electron chi connectivity index (χ2n) is 8.49. The van der Waals surface area contributed by atoms with Crippen LogP contribution in [0.3, 0.4) is 0 Å². The van der Waals surface area contributed by atoms with Gasteiger partial charge in [-0.2, -0.15) is 0 Å². The second-order valence-corrected chi connectivity index (χ2v) is 8.87. The van der Waals surface area contributed by atoms with Crippen LogP contribution in [-0.4, -0.2) is 41.9 Å². The van der Waals surface area contributed by atoms with Crippen LogP contribution in [0, 0.1) is 6.92 Å². The highest BCUT2D eigenvalue weighted by molar-refractivity contribution is 6.34. The van der Waals surface area contributed by atoms with Crippen molar-refractivity contribution in [3.8, 4) is 5.75 Å². The molecule has 2 aromatic carbocycles. The number of halogens is 1. The number of fused-ring (bicyclic) bond motifs is 1. The molecule has 33 heavy (non-hydrogen) atoms. The predicted molar refractivity (Wildman–Crippen MR) is 126 cm³/mol. The molecule has 1 amide bonds. The van der Waals surface area contributed by atoms with E-state index in [0.717, 1.165) is 27.6 Å². The number of rotatable bonds is 7. The van der Waals surface area contributed by atoms with E-state index >= 15 is 0 Å². The highest BCUT2D eigenvalue weighted by Gasteiger charge is 2.42. The first kappa shape index (κ1) is 23.1. The number of nitrogens with zero attached hydrogens (tertiary/aromatic N) is 1. The fraction of sp³-hybridized carbons (Fsp3) is 0.360. The molecule has 0 radical (unpaired) electrons. The van der Waals surface area contributed by atoms with Crippen LogP contribution in [0.2, 0.25) is 5.02 Å². The van der Waals surface area contributed by atoms with E-state index in [9.17, 15) is 14.7 Å². The zero-order valence-corrected chi connectivity index (χ0v) is 19.8. The van der Waals surface area contributed by atoms with Gasteiger partial charge >= 0.3 is 5.97 Å². The van der Waals surface area contributed by atoms with Crippen molar-refractivity contribution in [1.29, 1.82) is 0 Å². The van der Waals surface area contributed by atoms with Crippen molar-refractivity contribution in [3.63, 3.8) is 0 Å². The summed E-state index contributed by atoms with van der Waals surface area (Å²) in [4.78, 5) is 24.8. The molecule has 174 valence electrons. The molecule has 1 atom stereocenters. The van der Waals surface area contributed by atoms with Gasteiger partial charge in [0.2, 0.25) is 0 Å². The lowest BCUT2D eigenvalue weighted by atomic mass is 9.85. The summed E-state index contributed by atoms with van der Waals surface area (Å²) >= 11 is 6.41. The number of ether oxygens (including phenoxy) is 2.